The van der Waals surface area contributed by atoms with Crippen molar-refractivity contribution in [3.63, 3.8) is 0 Å². The molecule has 0 aromatic heterocycles. The molecule has 3 aromatic carbocycles. The summed E-state index contributed by atoms with van der Waals surface area (Å²) >= 11 is 0. The Morgan fingerprint density at radius 3 is 2.27 bits per heavy atom. The van der Waals surface area contributed by atoms with Crippen molar-refractivity contribution < 1.29 is 18.5 Å². The van der Waals surface area contributed by atoms with E-state index < -0.39 is 17.5 Å². The number of piperidine rings is 1. The van der Waals surface area contributed by atoms with Crippen LogP contribution >= 0.6 is 0 Å². The maximum atomic E-state index is 14.4. The second kappa shape index (κ2) is 9.87. The number of amides is 1. The fourth-order valence-electron chi connectivity index (χ4n) is 4.26. The number of nitrogens with zero attached hydrogens (tertiary/aromatic N) is 3. The van der Waals surface area contributed by atoms with Gasteiger partial charge in [-0.05, 0) is 49.2 Å². The van der Waals surface area contributed by atoms with Gasteiger partial charge in [0.1, 0.15) is 11.6 Å². The quantitative estimate of drug-likeness (QED) is 0.382. The minimum absolute atomic E-state index is 0.0378. The van der Waals surface area contributed by atoms with E-state index in [2.05, 4.69) is 4.90 Å². The number of para-hydroxylation sites is 1. The summed E-state index contributed by atoms with van der Waals surface area (Å²) in [5.74, 6) is -1.50. The zero-order valence-electron chi connectivity index (χ0n) is 17.9. The third-order valence-electron chi connectivity index (χ3n) is 5.93. The molecule has 0 unspecified atom stereocenters. The molecule has 3 aromatic rings. The van der Waals surface area contributed by atoms with Crippen molar-refractivity contribution in [3.05, 3.63) is 106 Å². The molecule has 0 radical (unpaired) electrons. The molecule has 6 nitrogen and oxygen atoms in total. The van der Waals surface area contributed by atoms with Gasteiger partial charge in [0.25, 0.3) is 11.6 Å². The van der Waals surface area contributed by atoms with Crippen molar-refractivity contribution in [2.24, 2.45) is 0 Å². The van der Waals surface area contributed by atoms with Crippen molar-refractivity contribution in [1.82, 2.24) is 4.90 Å². The van der Waals surface area contributed by atoms with Crippen LogP contribution in [0.25, 0.3) is 0 Å². The molecule has 170 valence electrons. The van der Waals surface area contributed by atoms with Crippen molar-refractivity contribution in [2.75, 3.05) is 18.0 Å². The lowest BCUT2D eigenvalue weighted by molar-refractivity contribution is -0.385. The number of benzene rings is 3. The average molecular weight is 451 g/mol. The molecule has 0 N–H and O–H groups in total. The third kappa shape index (κ3) is 5.06. The molecule has 0 bridgehead atoms. The van der Waals surface area contributed by atoms with E-state index in [1.54, 1.807) is 29.2 Å². The van der Waals surface area contributed by atoms with E-state index in [0.29, 0.717) is 43.7 Å². The van der Waals surface area contributed by atoms with Crippen LogP contribution in [0.3, 0.4) is 0 Å². The first kappa shape index (κ1) is 22.5. The van der Waals surface area contributed by atoms with E-state index >= 15 is 0 Å². The van der Waals surface area contributed by atoms with Crippen LogP contribution in [0.15, 0.2) is 72.8 Å². The van der Waals surface area contributed by atoms with Gasteiger partial charge in [-0.2, -0.15) is 0 Å². The van der Waals surface area contributed by atoms with E-state index in [-0.39, 0.29) is 22.2 Å². The Morgan fingerprint density at radius 1 is 0.970 bits per heavy atom. The number of likely N-dealkylation sites (tertiary alicyclic amines) is 1. The molecule has 1 fully saturated rings. The van der Waals surface area contributed by atoms with Crippen LogP contribution in [-0.4, -0.2) is 34.9 Å². The summed E-state index contributed by atoms with van der Waals surface area (Å²) in [5, 5.41) is 11.3. The molecule has 33 heavy (non-hydrogen) atoms. The number of carbonyl (C=O) groups excluding carboxylic acids is 1. The van der Waals surface area contributed by atoms with Crippen LogP contribution in [0.2, 0.25) is 0 Å². The molecule has 0 spiro atoms. The van der Waals surface area contributed by atoms with E-state index in [9.17, 15) is 23.7 Å². The van der Waals surface area contributed by atoms with Crippen LogP contribution in [0.1, 0.15) is 28.8 Å². The molecule has 4 rings (SSSR count). The molecule has 1 aliphatic heterocycles. The zero-order valence-corrected chi connectivity index (χ0v) is 17.9. The van der Waals surface area contributed by atoms with Gasteiger partial charge in [-0.25, -0.2) is 8.78 Å². The first-order valence-corrected chi connectivity index (χ1v) is 10.7. The predicted octanol–water partition coefficient (Wildman–Crippen LogP) is 5.18. The minimum Gasteiger partial charge on any atom is -0.305 e. The van der Waals surface area contributed by atoms with E-state index in [1.165, 1.54) is 48.5 Å². The summed E-state index contributed by atoms with van der Waals surface area (Å²) in [5.41, 5.74) is 1.19. The fraction of sp³-hybridized carbons (Fsp3) is 0.240. The second-order valence-corrected chi connectivity index (χ2v) is 8.02. The standard InChI is InChI=1S/C25H23F2N3O3/c26-19-9-11-20(12-10-19)29(25(31)22-6-2-3-7-23(22)27)21-13-15-28(16-14-21)17-18-5-1-4-8-24(18)30(32)33/h1-12,21H,13-17H2. The normalized spacial score (nSPS) is 14.7. The average Bonchev–Trinajstić information content (AvgIpc) is 2.82. The number of rotatable bonds is 6. The summed E-state index contributed by atoms with van der Waals surface area (Å²) in [4.78, 5) is 27.9. The number of anilines is 1. The summed E-state index contributed by atoms with van der Waals surface area (Å²) in [6.07, 6.45) is 1.19. The molecule has 8 heteroatoms. The third-order valence-corrected chi connectivity index (χ3v) is 5.93. The van der Waals surface area contributed by atoms with E-state index in [0.717, 1.165) is 0 Å². The van der Waals surface area contributed by atoms with Crippen molar-refractivity contribution in [3.8, 4) is 0 Å². The van der Waals surface area contributed by atoms with Gasteiger partial charge in [-0.3, -0.25) is 19.8 Å². The lowest BCUT2D eigenvalue weighted by Crippen LogP contribution is -2.47. The summed E-state index contributed by atoms with van der Waals surface area (Å²) in [6, 6.07) is 17.9. The molecule has 0 saturated carbocycles. The summed E-state index contributed by atoms with van der Waals surface area (Å²) in [7, 11) is 0. The van der Waals surface area contributed by atoms with Crippen LogP contribution in [0.5, 0.6) is 0 Å². The Balaban J connectivity index is 1.53. The van der Waals surface area contributed by atoms with Gasteiger partial charge in [-0.1, -0.05) is 30.3 Å². The fourth-order valence-corrected chi connectivity index (χ4v) is 4.26. The Kier molecular flexibility index (Phi) is 6.74. The Bertz CT molecular complexity index is 1150. The van der Waals surface area contributed by atoms with Gasteiger partial charge >= 0.3 is 0 Å². The highest BCUT2D eigenvalue weighted by atomic mass is 19.1. The molecule has 0 atom stereocenters. The monoisotopic (exact) mass is 451 g/mol. The molecule has 1 heterocycles. The molecule has 1 aliphatic rings. The zero-order chi connectivity index (χ0) is 23.4. The topological polar surface area (TPSA) is 66.7 Å². The first-order chi connectivity index (χ1) is 15.9. The second-order valence-electron chi connectivity index (χ2n) is 8.02. The highest BCUT2D eigenvalue weighted by Gasteiger charge is 2.31. The SMILES string of the molecule is O=C(c1ccccc1F)N(c1ccc(F)cc1)C1CCN(Cc2ccccc2[N+](=O)[O-])CC1. The molecule has 1 saturated heterocycles. The Labute approximate surface area is 190 Å². The van der Waals surface area contributed by atoms with Gasteiger partial charge in [0.2, 0.25) is 0 Å². The number of hydrogen-bond acceptors (Lipinski definition) is 4. The smallest absolute Gasteiger partial charge is 0.273 e. The van der Waals surface area contributed by atoms with Crippen LogP contribution in [-0.2, 0) is 6.54 Å². The van der Waals surface area contributed by atoms with Crippen LogP contribution in [0, 0.1) is 21.7 Å². The lowest BCUT2D eigenvalue weighted by Gasteiger charge is -2.38. The molecular weight excluding hydrogens is 428 g/mol. The number of carbonyl (C=O) groups is 1. The van der Waals surface area contributed by atoms with Crippen LogP contribution < -0.4 is 4.90 Å². The number of halogens is 2. The van der Waals surface area contributed by atoms with Gasteiger partial charge < -0.3 is 4.90 Å². The molecule has 0 aliphatic carbocycles. The largest absolute Gasteiger partial charge is 0.305 e. The number of nitro benzene ring substituents is 1. The maximum absolute atomic E-state index is 14.4. The van der Waals surface area contributed by atoms with Crippen LogP contribution in [0.4, 0.5) is 20.2 Å². The highest BCUT2D eigenvalue weighted by molar-refractivity contribution is 6.06. The summed E-state index contributed by atoms with van der Waals surface area (Å²) < 4.78 is 27.9. The maximum Gasteiger partial charge on any atom is 0.273 e. The molecular formula is C25H23F2N3O3. The van der Waals surface area contributed by atoms with Crippen molar-refractivity contribution in [2.45, 2.75) is 25.4 Å². The number of hydrogen-bond donors (Lipinski definition) is 0. The predicted molar refractivity (Wildman–Crippen MR) is 121 cm³/mol. The van der Waals surface area contributed by atoms with Gasteiger partial charge in [0, 0.05) is 43.0 Å². The Hall–Kier alpha value is -3.65. The number of nitro groups is 1. The summed E-state index contributed by atoms with van der Waals surface area (Å²) in [6.45, 7) is 1.65. The first-order valence-electron chi connectivity index (χ1n) is 10.7. The van der Waals surface area contributed by atoms with Crippen molar-refractivity contribution in [1.29, 1.82) is 0 Å². The van der Waals surface area contributed by atoms with E-state index in [4.69, 9.17) is 0 Å². The highest BCUT2D eigenvalue weighted by Crippen LogP contribution is 2.28. The van der Waals surface area contributed by atoms with Gasteiger partial charge in [0.15, 0.2) is 0 Å². The molecule has 1 amide bonds. The van der Waals surface area contributed by atoms with Gasteiger partial charge in [-0.15, -0.1) is 0 Å². The Morgan fingerprint density at radius 2 is 1.61 bits per heavy atom. The lowest BCUT2D eigenvalue weighted by atomic mass is 9.99. The van der Waals surface area contributed by atoms with Crippen molar-refractivity contribution >= 4 is 17.3 Å². The minimum atomic E-state index is -0.608. The van der Waals surface area contributed by atoms with Gasteiger partial charge in [0.05, 0.1) is 10.5 Å². The van der Waals surface area contributed by atoms with E-state index in [1.807, 2.05) is 0 Å².